The zero-order valence-corrected chi connectivity index (χ0v) is 18.1. The van der Waals surface area contributed by atoms with E-state index in [0.29, 0.717) is 19.6 Å². The van der Waals surface area contributed by atoms with Crippen LogP contribution in [-0.2, 0) is 29.3 Å². The van der Waals surface area contributed by atoms with Crippen LogP contribution in [0, 0.1) is 0 Å². The van der Waals surface area contributed by atoms with Crippen molar-refractivity contribution in [3.8, 4) is 5.75 Å². The van der Waals surface area contributed by atoms with Crippen molar-refractivity contribution in [2.75, 3.05) is 6.54 Å². The molecule has 0 aliphatic carbocycles. The summed E-state index contributed by atoms with van der Waals surface area (Å²) in [6.45, 7) is 7.44. The van der Waals surface area contributed by atoms with Crippen LogP contribution in [-0.4, -0.2) is 43.8 Å². The Morgan fingerprint density at radius 3 is 2.57 bits per heavy atom. The van der Waals surface area contributed by atoms with E-state index in [0.717, 1.165) is 42.8 Å². The molecule has 4 bridgehead atoms. The van der Waals surface area contributed by atoms with Crippen molar-refractivity contribution in [2.45, 2.75) is 71.7 Å². The second kappa shape index (κ2) is 9.73. The van der Waals surface area contributed by atoms with Crippen LogP contribution in [0.4, 0.5) is 0 Å². The first-order valence-corrected chi connectivity index (χ1v) is 10.5. The molecule has 8 nitrogen and oxygen atoms in total. The molecule has 2 aromatic rings. The van der Waals surface area contributed by atoms with E-state index in [1.54, 1.807) is 4.90 Å². The van der Waals surface area contributed by atoms with Gasteiger partial charge in [-0.25, -0.2) is 0 Å². The van der Waals surface area contributed by atoms with Gasteiger partial charge in [0.2, 0.25) is 11.8 Å². The Morgan fingerprint density at radius 1 is 1.07 bits per heavy atom. The molecule has 0 saturated heterocycles. The normalized spacial score (nSPS) is 17.4. The van der Waals surface area contributed by atoms with Gasteiger partial charge < -0.3 is 15.0 Å². The highest BCUT2D eigenvalue weighted by Gasteiger charge is 2.27. The summed E-state index contributed by atoms with van der Waals surface area (Å²) in [5.74, 6) is 0.586. The number of nitrogens with zero attached hydrogens (tertiary/aromatic N) is 4. The van der Waals surface area contributed by atoms with E-state index >= 15 is 0 Å². The topological polar surface area (TPSA) is 89.3 Å². The number of hydrogen-bond acceptors (Lipinski definition) is 5. The number of benzene rings is 1. The van der Waals surface area contributed by atoms with Gasteiger partial charge in [-0.2, -0.15) is 0 Å². The molecule has 8 heteroatoms. The first kappa shape index (κ1) is 21.8. The summed E-state index contributed by atoms with van der Waals surface area (Å²) in [7, 11) is 0. The lowest BCUT2D eigenvalue weighted by Gasteiger charge is -2.35. The summed E-state index contributed by atoms with van der Waals surface area (Å²) in [5.41, 5.74) is 1.32. The second-order valence-corrected chi connectivity index (χ2v) is 8.64. The van der Waals surface area contributed by atoms with Gasteiger partial charge in [-0.15, -0.1) is 5.10 Å². The third-order valence-corrected chi connectivity index (χ3v) is 5.08. The first-order valence-electron chi connectivity index (χ1n) is 10.5. The maximum atomic E-state index is 12.8. The zero-order valence-electron chi connectivity index (χ0n) is 18.1. The second-order valence-electron chi connectivity index (χ2n) is 8.64. The molecule has 0 saturated carbocycles. The highest BCUT2D eigenvalue weighted by Crippen LogP contribution is 2.17. The molecule has 3 heterocycles. The number of amides is 2. The van der Waals surface area contributed by atoms with E-state index in [-0.39, 0.29) is 18.4 Å². The lowest BCUT2D eigenvalue weighted by atomic mass is 10.0. The average molecular weight is 414 g/mol. The Hall–Kier alpha value is -2.90. The molecule has 2 aliphatic rings. The summed E-state index contributed by atoms with van der Waals surface area (Å²) in [5, 5.41) is 11.2. The molecule has 4 rings (SSSR count). The van der Waals surface area contributed by atoms with Gasteiger partial charge in [0.15, 0.2) is 0 Å². The molecule has 2 amide bonds. The standard InChI is InChI=1S/C22H31N5O3/c1-22(2,3)27-15-20(28)23-13-17-8-10-19(11-9-17)30-16-18-14-26(25-24-18)12-6-4-5-7-21(27)29/h8-11,14H,4-7,12-13,15-16H2,1-3H3,(H,23,28). The van der Waals surface area contributed by atoms with Crippen molar-refractivity contribution in [1.29, 1.82) is 0 Å². The van der Waals surface area contributed by atoms with E-state index in [2.05, 4.69) is 15.6 Å². The summed E-state index contributed by atoms with van der Waals surface area (Å²) < 4.78 is 7.59. The van der Waals surface area contributed by atoms with Gasteiger partial charge in [-0.05, 0) is 51.3 Å². The fourth-order valence-corrected chi connectivity index (χ4v) is 3.34. The molecule has 1 N–H and O–H groups in total. The molecule has 0 spiro atoms. The molecule has 0 radical (unpaired) electrons. The van der Waals surface area contributed by atoms with E-state index in [9.17, 15) is 9.59 Å². The number of nitrogens with one attached hydrogen (secondary N) is 1. The number of hydrogen-bond donors (Lipinski definition) is 1. The largest absolute Gasteiger partial charge is 0.487 e. The Balaban J connectivity index is 1.72. The van der Waals surface area contributed by atoms with Crippen molar-refractivity contribution in [3.63, 3.8) is 0 Å². The van der Waals surface area contributed by atoms with Crippen molar-refractivity contribution < 1.29 is 14.3 Å². The molecule has 0 atom stereocenters. The molecule has 2 aliphatic heterocycles. The van der Waals surface area contributed by atoms with Gasteiger partial charge in [0.05, 0.1) is 6.20 Å². The number of carbonyl (C=O) groups excluding carboxylic acids is 2. The highest BCUT2D eigenvalue weighted by molar-refractivity contribution is 5.85. The van der Waals surface area contributed by atoms with Crippen LogP contribution in [0.5, 0.6) is 5.75 Å². The van der Waals surface area contributed by atoms with Gasteiger partial charge in [-0.1, -0.05) is 23.8 Å². The number of fused-ring (bicyclic) bond motifs is 13. The minimum absolute atomic E-state index is 0.0107. The number of aryl methyl sites for hydroxylation is 1. The zero-order chi connectivity index (χ0) is 21.6. The fraction of sp³-hybridized carbons (Fsp3) is 0.545. The number of aromatic nitrogens is 3. The molecule has 162 valence electrons. The smallest absolute Gasteiger partial charge is 0.239 e. The molecular formula is C22H31N5O3. The van der Waals surface area contributed by atoms with Gasteiger partial charge in [0.1, 0.15) is 24.6 Å². The van der Waals surface area contributed by atoms with Gasteiger partial charge in [0, 0.05) is 25.0 Å². The van der Waals surface area contributed by atoms with E-state index in [4.69, 9.17) is 4.74 Å². The highest BCUT2D eigenvalue weighted by atomic mass is 16.5. The molecule has 0 fully saturated rings. The number of ether oxygens (including phenoxy) is 1. The quantitative estimate of drug-likeness (QED) is 0.717. The Labute approximate surface area is 177 Å². The van der Waals surface area contributed by atoms with Crippen molar-refractivity contribution in [1.82, 2.24) is 25.2 Å². The van der Waals surface area contributed by atoms with E-state index in [1.807, 2.05) is 55.9 Å². The maximum Gasteiger partial charge on any atom is 0.239 e. The predicted molar refractivity (Wildman–Crippen MR) is 113 cm³/mol. The molecule has 30 heavy (non-hydrogen) atoms. The third-order valence-electron chi connectivity index (χ3n) is 5.08. The van der Waals surface area contributed by atoms with Crippen molar-refractivity contribution in [2.24, 2.45) is 0 Å². The minimum atomic E-state index is -0.415. The third kappa shape index (κ3) is 6.30. The Kier molecular flexibility index (Phi) is 7.07. The van der Waals surface area contributed by atoms with Crippen LogP contribution in [0.3, 0.4) is 0 Å². The van der Waals surface area contributed by atoms with Gasteiger partial charge in [0.25, 0.3) is 0 Å². The van der Waals surface area contributed by atoms with Crippen LogP contribution in [0.15, 0.2) is 30.5 Å². The molecule has 1 aromatic heterocycles. The summed E-state index contributed by atoms with van der Waals surface area (Å²) in [6, 6.07) is 7.57. The van der Waals surface area contributed by atoms with Crippen LogP contribution >= 0.6 is 0 Å². The fourth-order valence-electron chi connectivity index (χ4n) is 3.34. The van der Waals surface area contributed by atoms with Crippen molar-refractivity contribution in [3.05, 3.63) is 41.7 Å². The van der Waals surface area contributed by atoms with Crippen LogP contribution in [0.1, 0.15) is 57.7 Å². The monoisotopic (exact) mass is 413 g/mol. The average Bonchev–Trinajstić information content (AvgIpc) is 3.15. The van der Waals surface area contributed by atoms with E-state index in [1.165, 1.54) is 0 Å². The van der Waals surface area contributed by atoms with Crippen LogP contribution in [0.25, 0.3) is 0 Å². The maximum absolute atomic E-state index is 12.8. The molecule has 1 aromatic carbocycles. The van der Waals surface area contributed by atoms with Gasteiger partial charge >= 0.3 is 0 Å². The number of carbonyl (C=O) groups is 2. The Bertz CT molecular complexity index is 854. The molecule has 0 unspecified atom stereocenters. The van der Waals surface area contributed by atoms with Gasteiger partial charge in [-0.3, -0.25) is 14.3 Å². The number of rotatable bonds is 0. The van der Waals surface area contributed by atoms with Crippen LogP contribution in [0.2, 0.25) is 0 Å². The lowest BCUT2D eigenvalue weighted by molar-refractivity contribution is -0.141. The van der Waals surface area contributed by atoms with Crippen molar-refractivity contribution >= 4 is 11.8 Å². The summed E-state index contributed by atoms with van der Waals surface area (Å²) >= 11 is 0. The SMILES string of the molecule is CC(C)(C)N1CC(=O)NCc2ccc(cc2)OCc2cn(nn2)CCCCCC1=O. The Morgan fingerprint density at radius 2 is 1.83 bits per heavy atom. The minimum Gasteiger partial charge on any atom is -0.487 e. The predicted octanol–water partition coefficient (Wildman–Crippen LogP) is 2.67. The van der Waals surface area contributed by atoms with Crippen LogP contribution < -0.4 is 10.1 Å². The molecular weight excluding hydrogens is 382 g/mol. The first-order chi connectivity index (χ1) is 14.3. The lowest BCUT2D eigenvalue weighted by Crippen LogP contribution is -2.50. The summed E-state index contributed by atoms with van der Waals surface area (Å²) in [6.07, 6.45) is 4.93. The summed E-state index contributed by atoms with van der Waals surface area (Å²) in [4.78, 5) is 26.9. The van der Waals surface area contributed by atoms with E-state index < -0.39 is 5.54 Å².